The summed E-state index contributed by atoms with van der Waals surface area (Å²) in [5, 5.41) is 13.2. The van der Waals surface area contributed by atoms with E-state index in [-0.39, 0.29) is 12.4 Å². The smallest absolute Gasteiger partial charge is 0.351 e. The molecule has 0 bridgehead atoms. The average Bonchev–Trinajstić information content (AvgIpc) is 2.62. The van der Waals surface area contributed by atoms with E-state index in [2.05, 4.69) is 15.0 Å². The molecule has 1 aromatic rings. The molecule has 9 nitrogen and oxygen atoms in total. The van der Waals surface area contributed by atoms with Gasteiger partial charge in [0.2, 0.25) is 0 Å². The highest BCUT2D eigenvalue weighted by molar-refractivity contribution is 5.23. The Labute approximate surface area is 95.1 Å². The van der Waals surface area contributed by atoms with Gasteiger partial charge in [0, 0.05) is 11.1 Å². The maximum atomic E-state index is 11.5. The van der Waals surface area contributed by atoms with Crippen LogP contribution in [0.2, 0.25) is 0 Å². The molecule has 1 saturated heterocycles. The molecule has 3 atom stereocenters. The lowest BCUT2D eigenvalue weighted by atomic mass is 10.2. The molecule has 0 radical (unpaired) electrons. The molecule has 1 aliphatic heterocycles. The van der Waals surface area contributed by atoms with Crippen LogP contribution < -0.4 is 11.4 Å². The molecular formula is C8H10N6O3. The van der Waals surface area contributed by atoms with Gasteiger partial charge in [0.1, 0.15) is 11.9 Å². The summed E-state index contributed by atoms with van der Waals surface area (Å²) >= 11 is 0. The fourth-order valence-corrected chi connectivity index (χ4v) is 1.62. The van der Waals surface area contributed by atoms with Gasteiger partial charge in [0.15, 0.2) is 6.23 Å². The summed E-state index contributed by atoms with van der Waals surface area (Å²) in [4.78, 5) is 17.6. The number of nitrogen functional groups attached to an aromatic ring is 1. The first-order valence-corrected chi connectivity index (χ1v) is 4.82. The lowest BCUT2D eigenvalue weighted by Gasteiger charge is -2.17. The summed E-state index contributed by atoms with van der Waals surface area (Å²) in [7, 11) is 0. The molecular weight excluding hydrogens is 228 g/mol. The first-order chi connectivity index (χ1) is 8.13. The van der Waals surface area contributed by atoms with Gasteiger partial charge in [0.05, 0.1) is 12.6 Å². The highest BCUT2D eigenvalue weighted by Gasteiger charge is 2.37. The maximum Gasteiger partial charge on any atom is 0.351 e. The predicted octanol–water partition coefficient (Wildman–Crippen LogP) is -0.606. The Bertz CT molecular complexity index is 522. The third kappa shape index (κ3) is 2.07. The van der Waals surface area contributed by atoms with Crippen molar-refractivity contribution >= 4 is 5.82 Å². The van der Waals surface area contributed by atoms with Crippen LogP contribution in [-0.4, -0.2) is 33.4 Å². The number of nitrogens with two attached hydrogens (primary N) is 1. The lowest BCUT2D eigenvalue weighted by Crippen LogP contribution is -2.34. The van der Waals surface area contributed by atoms with Crippen molar-refractivity contribution in [2.75, 3.05) is 12.3 Å². The second kappa shape index (κ2) is 4.42. The summed E-state index contributed by atoms with van der Waals surface area (Å²) in [5.74, 6) is 0.0883. The van der Waals surface area contributed by atoms with E-state index < -0.39 is 24.1 Å². The Hall–Kier alpha value is -2.09. The molecule has 0 aliphatic carbocycles. The predicted molar refractivity (Wildman–Crippen MR) is 56.8 cm³/mol. The second-order valence-corrected chi connectivity index (χ2v) is 3.53. The number of aliphatic hydroxyl groups excluding tert-OH is 1. The minimum atomic E-state index is -1.09. The molecule has 0 spiro atoms. The third-order valence-electron chi connectivity index (χ3n) is 2.45. The van der Waals surface area contributed by atoms with Crippen molar-refractivity contribution in [3.63, 3.8) is 0 Å². The summed E-state index contributed by atoms with van der Waals surface area (Å²) in [6.07, 6.45) is -0.628. The second-order valence-electron chi connectivity index (χ2n) is 3.53. The Morgan fingerprint density at radius 3 is 3.18 bits per heavy atom. The summed E-state index contributed by atoms with van der Waals surface area (Å²) in [6.45, 7) is 0.0483. The van der Waals surface area contributed by atoms with Gasteiger partial charge in [-0.05, 0) is 11.6 Å². The van der Waals surface area contributed by atoms with Crippen LogP contribution in [0.4, 0.5) is 5.82 Å². The van der Waals surface area contributed by atoms with E-state index >= 15 is 0 Å². The Morgan fingerprint density at radius 2 is 2.53 bits per heavy atom. The van der Waals surface area contributed by atoms with E-state index in [1.54, 1.807) is 0 Å². The van der Waals surface area contributed by atoms with Crippen molar-refractivity contribution < 1.29 is 9.84 Å². The van der Waals surface area contributed by atoms with Crippen LogP contribution in [0.5, 0.6) is 0 Å². The first-order valence-electron chi connectivity index (χ1n) is 4.82. The number of aromatic nitrogens is 2. The number of rotatable bonds is 2. The summed E-state index contributed by atoms with van der Waals surface area (Å²) < 4.78 is 6.31. The topological polar surface area (TPSA) is 139 Å². The number of aliphatic hydroxyl groups is 1. The van der Waals surface area contributed by atoms with E-state index in [0.717, 1.165) is 4.57 Å². The molecule has 1 aliphatic rings. The molecule has 1 fully saturated rings. The van der Waals surface area contributed by atoms with Crippen molar-refractivity contribution in [2.45, 2.75) is 18.4 Å². The molecule has 0 aromatic carbocycles. The van der Waals surface area contributed by atoms with Gasteiger partial charge >= 0.3 is 5.69 Å². The molecule has 0 saturated carbocycles. The van der Waals surface area contributed by atoms with Crippen LogP contribution in [0.3, 0.4) is 0 Å². The average molecular weight is 238 g/mol. The zero-order chi connectivity index (χ0) is 12.4. The molecule has 9 heteroatoms. The Balaban J connectivity index is 2.30. The lowest BCUT2D eigenvalue weighted by molar-refractivity contribution is -0.0125. The SMILES string of the molecule is [N-]=[N+]=N[C@H]1CO[C@@H](n2ccc(N)nc2=O)[C@@H]1O. The van der Waals surface area contributed by atoms with Crippen molar-refractivity contribution in [3.8, 4) is 0 Å². The van der Waals surface area contributed by atoms with Crippen LogP contribution in [0.25, 0.3) is 10.4 Å². The van der Waals surface area contributed by atoms with Crippen LogP contribution >= 0.6 is 0 Å². The van der Waals surface area contributed by atoms with Gasteiger partial charge < -0.3 is 15.6 Å². The number of ether oxygens (including phenoxy) is 1. The molecule has 17 heavy (non-hydrogen) atoms. The van der Waals surface area contributed by atoms with Crippen molar-refractivity contribution in [3.05, 3.63) is 33.2 Å². The first kappa shape index (κ1) is 11.4. The van der Waals surface area contributed by atoms with Crippen LogP contribution in [0.15, 0.2) is 22.2 Å². The van der Waals surface area contributed by atoms with Crippen LogP contribution in [-0.2, 0) is 4.74 Å². The monoisotopic (exact) mass is 238 g/mol. The Kier molecular flexibility index (Phi) is 2.96. The van der Waals surface area contributed by atoms with Gasteiger partial charge in [-0.15, -0.1) is 0 Å². The number of hydrogen-bond donors (Lipinski definition) is 2. The quantitative estimate of drug-likeness (QED) is 0.402. The molecule has 3 N–H and O–H groups in total. The standard InChI is InChI=1S/C8H10N6O3/c9-5-1-2-14(8(16)11-5)7-6(15)4(3-17-7)12-13-10/h1-2,4,6-7,15H,3H2,(H2,9,11,16)/t4-,6+,7+/m0/s1. The fourth-order valence-electron chi connectivity index (χ4n) is 1.62. The maximum absolute atomic E-state index is 11.5. The number of anilines is 1. The number of hydrogen-bond acceptors (Lipinski definition) is 6. The zero-order valence-corrected chi connectivity index (χ0v) is 8.67. The summed E-state index contributed by atoms with van der Waals surface area (Å²) in [5.41, 5.74) is 13.0. The van der Waals surface area contributed by atoms with Gasteiger partial charge in [-0.25, -0.2) is 4.79 Å². The third-order valence-corrected chi connectivity index (χ3v) is 2.45. The van der Waals surface area contributed by atoms with E-state index in [1.807, 2.05) is 0 Å². The van der Waals surface area contributed by atoms with Gasteiger partial charge in [0.25, 0.3) is 0 Å². The minimum absolute atomic E-state index is 0.0483. The van der Waals surface area contributed by atoms with Crippen molar-refractivity contribution in [1.29, 1.82) is 0 Å². The minimum Gasteiger partial charge on any atom is -0.388 e. The van der Waals surface area contributed by atoms with E-state index in [9.17, 15) is 9.90 Å². The zero-order valence-electron chi connectivity index (χ0n) is 8.67. The van der Waals surface area contributed by atoms with Gasteiger partial charge in [-0.2, -0.15) is 4.98 Å². The Morgan fingerprint density at radius 1 is 1.76 bits per heavy atom. The molecule has 2 heterocycles. The fraction of sp³-hybridized carbons (Fsp3) is 0.500. The van der Waals surface area contributed by atoms with E-state index in [4.69, 9.17) is 16.0 Å². The van der Waals surface area contributed by atoms with Crippen molar-refractivity contribution in [1.82, 2.24) is 9.55 Å². The van der Waals surface area contributed by atoms with Crippen LogP contribution in [0, 0.1) is 0 Å². The molecule has 0 unspecified atom stereocenters. The summed E-state index contributed by atoms with van der Waals surface area (Å²) in [6, 6.07) is 0.702. The van der Waals surface area contributed by atoms with Gasteiger partial charge in [-0.1, -0.05) is 5.11 Å². The number of azide groups is 1. The normalized spacial score (nSPS) is 27.7. The van der Waals surface area contributed by atoms with Crippen molar-refractivity contribution in [2.24, 2.45) is 5.11 Å². The highest BCUT2D eigenvalue weighted by Crippen LogP contribution is 2.24. The largest absolute Gasteiger partial charge is 0.388 e. The molecule has 1 aromatic heterocycles. The molecule has 90 valence electrons. The number of nitrogens with zero attached hydrogens (tertiary/aromatic N) is 5. The van der Waals surface area contributed by atoms with Gasteiger partial charge in [-0.3, -0.25) is 4.57 Å². The van der Waals surface area contributed by atoms with Crippen LogP contribution in [0.1, 0.15) is 6.23 Å². The molecule has 2 rings (SSSR count). The molecule has 0 amide bonds. The highest BCUT2D eigenvalue weighted by atomic mass is 16.5. The van der Waals surface area contributed by atoms with E-state index in [1.165, 1.54) is 12.3 Å². The van der Waals surface area contributed by atoms with E-state index in [0.29, 0.717) is 0 Å².